The summed E-state index contributed by atoms with van der Waals surface area (Å²) in [6, 6.07) is 6.67. The number of phenolic OH excluding ortho intramolecular Hbond substituents is 1. The number of amides is 4. The Kier molecular flexibility index (Phi) is 8.62. The van der Waals surface area contributed by atoms with Crippen LogP contribution in [0.25, 0.3) is 0 Å². The van der Waals surface area contributed by atoms with Gasteiger partial charge in [-0.2, -0.15) is 0 Å². The van der Waals surface area contributed by atoms with Crippen molar-refractivity contribution in [1.29, 1.82) is 0 Å². The summed E-state index contributed by atoms with van der Waals surface area (Å²) < 4.78 is 0. The molecule has 0 bridgehead atoms. The normalized spacial score (nSPS) is 10.0. The number of hydrogen-bond donors (Lipinski definition) is 4. The van der Waals surface area contributed by atoms with Gasteiger partial charge in [0, 0.05) is 26.4 Å². The molecule has 142 valence electrons. The number of phenols is 1. The Balaban J connectivity index is 2.23. The molecule has 0 aliphatic rings. The number of aromatic hydroxyl groups is 1. The lowest BCUT2D eigenvalue weighted by atomic mass is 10.1. The van der Waals surface area contributed by atoms with Crippen molar-refractivity contribution in [2.45, 2.75) is 19.3 Å². The zero-order valence-electron chi connectivity index (χ0n) is 14.7. The molecule has 0 spiro atoms. The maximum absolute atomic E-state index is 11.9. The molecular weight excluding hydrogens is 340 g/mol. The molecule has 1 aromatic carbocycles. The molecule has 0 radical (unpaired) electrons. The molecule has 9 heteroatoms. The highest BCUT2D eigenvalue weighted by atomic mass is 16.3. The monoisotopic (exact) mass is 364 g/mol. The highest BCUT2D eigenvalue weighted by Crippen LogP contribution is 2.09. The van der Waals surface area contributed by atoms with Crippen molar-refractivity contribution in [3.8, 4) is 5.75 Å². The van der Waals surface area contributed by atoms with Gasteiger partial charge in [0.15, 0.2) is 0 Å². The van der Waals surface area contributed by atoms with Crippen LogP contribution in [-0.2, 0) is 25.6 Å². The first-order valence-corrected chi connectivity index (χ1v) is 8.11. The van der Waals surface area contributed by atoms with Crippen molar-refractivity contribution in [3.63, 3.8) is 0 Å². The summed E-state index contributed by atoms with van der Waals surface area (Å²) in [5.41, 5.74) is 5.90. The first kappa shape index (κ1) is 20.9. The van der Waals surface area contributed by atoms with E-state index in [9.17, 15) is 24.3 Å². The maximum Gasteiger partial charge on any atom is 0.242 e. The molecule has 0 aliphatic carbocycles. The third-order valence-electron chi connectivity index (χ3n) is 3.51. The second kappa shape index (κ2) is 10.7. The van der Waals surface area contributed by atoms with Crippen LogP contribution in [0.2, 0.25) is 0 Å². The summed E-state index contributed by atoms with van der Waals surface area (Å²) in [6.07, 6.45) is 0.434. The summed E-state index contributed by atoms with van der Waals surface area (Å²) in [4.78, 5) is 46.9. The zero-order valence-corrected chi connectivity index (χ0v) is 14.7. The zero-order chi connectivity index (χ0) is 19.5. The molecule has 0 unspecified atom stereocenters. The van der Waals surface area contributed by atoms with E-state index in [-0.39, 0.29) is 37.6 Å². The predicted octanol–water partition coefficient (Wildman–Crippen LogP) is -1.11. The van der Waals surface area contributed by atoms with Crippen LogP contribution in [0.15, 0.2) is 24.3 Å². The SMILES string of the molecule is CN(CC(=O)NCCc1ccc(O)cc1)C(=O)CNC(=O)CCC(N)=O. The molecular formula is C17H24N4O5. The van der Waals surface area contributed by atoms with Gasteiger partial charge < -0.3 is 26.4 Å². The predicted molar refractivity (Wildman–Crippen MR) is 93.9 cm³/mol. The van der Waals surface area contributed by atoms with Gasteiger partial charge >= 0.3 is 0 Å². The Labute approximate surface area is 151 Å². The number of carbonyl (C=O) groups excluding carboxylic acids is 4. The van der Waals surface area contributed by atoms with Crippen LogP contribution in [0, 0.1) is 0 Å². The van der Waals surface area contributed by atoms with Gasteiger partial charge in [0.2, 0.25) is 23.6 Å². The molecule has 26 heavy (non-hydrogen) atoms. The Morgan fingerprint density at radius 1 is 1.04 bits per heavy atom. The number of benzene rings is 1. The number of likely N-dealkylation sites (N-methyl/N-ethyl adjacent to an activating group) is 1. The van der Waals surface area contributed by atoms with Crippen LogP contribution in [0.1, 0.15) is 18.4 Å². The van der Waals surface area contributed by atoms with Crippen LogP contribution >= 0.6 is 0 Å². The van der Waals surface area contributed by atoms with Crippen molar-refractivity contribution >= 4 is 23.6 Å². The molecule has 0 saturated heterocycles. The van der Waals surface area contributed by atoms with E-state index in [0.717, 1.165) is 5.56 Å². The lowest BCUT2D eigenvalue weighted by Crippen LogP contribution is -2.43. The quantitative estimate of drug-likeness (QED) is 0.416. The standard InChI is InChI=1S/C17H24N4O5/c1-21(17(26)10-20-15(24)7-6-14(18)23)11-16(25)19-9-8-12-2-4-13(22)5-3-12/h2-5,22H,6-11H2,1H3,(H2,18,23)(H,19,25)(H,20,24). The van der Waals surface area contributed by atoms with E-state index >= 15 is 0 Å². The Hall–Kier alpha value is -3.10. The Morgan fingerprint density at radius 2 is 1.69 bits per heavy atom. The van der Waals surface area contributed by atoms with Gasteiger partial charge in [-0.1, -0.05) is 12.1 Å². The first-order chi connectivity index (χ1) is 12.3. The topological polar surface area (TPSA) is 142 Å². The maximum atomic E-state index is 11.9. The van der Waals surface area contributed by atoms with Crippen LogP contribution in [0.4, 0.5) is 0 Å². The van der Waals surface area contributed by atoms with Crippen molar-refractivity contribution in [1.82, 2.24) is 15.5 Å². The largest absolute Gasteiger partial charge is 0.508 e. The van der Waals surface area contributed by atoms with Crippen LogP contribution < -0.4 is 16.4 Å². The number of hydrogen-bond acceptors (Lipinski definition) is 5. The molecule has 0 aliphatic heterocycles. The van der Waals surface area contributed by atoms with E-state index in [0.29, 0.717) is 13.0 Å². The minimum absolute atomic E-state index is 0.0793. The van der Waals surface area contributed by atoms with Gasteiger partial charge in [0.05, 0.1) is 13.1 Å². The van der Waals surface area contributed by atoms with E-state index in [1.165, 1.54) is 11.9 Å². The minimum Gasteiger partial charge on any atom is -0.508 e. The number of nitrogens with zero attached hydrogens (tertiary/aromatic N) is 1. The Bertz CT molecular complexity index is 645. The van der Waals surface area contributed by atoms with Crippen molar-refractivity contribution < 1.29 is 24.3 Å². The van der Waals surface area contributed by atoms with Gasteiger partial charge in [-0.05, 0) is 24.1 Å². The molecule has 0 fully saturated rings. The molecule has 0 saturated carbocycles. The van der Waals surface area contributed by atoms with Gasteiger partial charge in [0.25, 0.3) is 0 Å². The van der Waals surface area contributed by atoms with E-state index < -0.39 is 17.7 Å². The fraction of sp³-hybridized carbons (Fsp3) is 0.412. The van der Waals surface area contributed by atoms with Crippen LogP contribution in [-0.4, -0.2) is 60.3 Å². The third-order valence-corrected chi connectivity index (χ3v) is 3.51. The highest BCUT2D eigenvalue weighted by Gasteiger charge is 2.14. The van der Waals surface area contributed by atoms with Crippen LogP contribution in [0.3, 0.4) is 0 Å². The number of nitrogens with one attached hydrogen (secondary N) is 2. The van der Waals surface area contributed by atoms with Gasteiger partial charge in [-0.3, -0.25) is 19.2 Å². The van der Waals surface area contributed by atoms with E-state index in [2.05, 4.69) is 10.6 Å². The third kappa shape index (κ3) is 8.67. The second-order valence-corrected chi connectivity index (χ2v) is 5.76. The lowest BCUT2D eigenvalue weighted by molar-refractivity contribution is -0.135. The second-order valence-electron chi connectivity index (χ2n) is 5.76. The van der Waals surface area contributed by atoms with E-state index in [1.807, 2.05) is 0 Å². The molecule has 9 nitrogen and oxygen atoms in total. The number of rotatable bonds is 10. The summed E-state index contributed by atoms with van der Waals surface area (Å²) in [5, 5.41) is 14.3. The van der Waals surface area contributed by atoms with Crippen molar-refractivity contribution in [2.24, 2.45) is 5.73 Å². The smallest absolute Gasteiger partial charge is 0.242 e. The summed E-state index contributed by atoms with van der Waals surface area (Å²) >= 11 is 0. The number of primary amides is 1. The van der Waals surface area contributed by atoms with Crippen LogP contribution in [0.5, 0.6) is 5.75 Å². The summed E-state index contributed by atoms with van der Waals surface area (Å²) in [6.45, 7) is 0.00986. The number of carbonyl (C=O) groups is 4. The lowest BCUT2D eigenvalue weighted by Gasteiger charge is -2.17. The molecule has 0 atom stereocenters. The van der Waals surface area contributed by atoms with Gasteiger partial charge in [-0.15, -0.1) is 0 Å². The number of nitrogens with two attached hydrogens (primary N) is 1. The van der Waals surface area contributed by atoms with E-state index in [1.54, 1.807) is 24.3 Å². The van der Waals surface area contributed by atoms with E-state index in [4.69, 9.17) is 5.73 Å². The fourth-order valence-corrected chi connectivity index (χ4v) is 2.00. The van der Waals surface area contributed by atoms with Gasteiger partial charge in [-0.25, -0.2) is 0 Å². The highest BCUT2D eigenvalue weighted by molar-refractivity contribution is 5.89. The summed E-state index contributed by atoms with van der Waals surface area (Å²) in [5.74, 6) is -1.61. The average Bonchev–Trinajstić information content (AvgIpc) is 2.59. The molecule has 0 aromatic heterocycles. The minimum atomic E-state index is -0.590. The molecule has 1 rings (SSSR count). The molecule has 0 heterocycles. The molecule has 1 aromatic rings. The fourth-order valence-electron chi connectivity index (χ4n) is 2.00. The first-order valence-electron chi connectivity index (χ1n) is 8.11. The Morgan fingerprint density at radius 3 is 2.31 bits per heavy atom. The van der Waals surface area contributed by atoms with Crippen molar-refractivity contribution in [2.75, 3.05) is 26.7 Å². The summed E-state index contributed by atoms with van der Waals surface area (Å²) in [7, 11) is 1.46. The average molecular weight is 364 g/mol. The molecule has 5 N–H and O–H groups in total. The van der Waals surface area contributed by atoms with Gasteiger partial charge in [0.1, 0.15) is 5.75 Å². The molecule has 4 amide bonds. The van der Waals surface area contributed by atoms with Crippen molar-refractivity contribution in [3.05, 3.63) is 29.8 Å².